The van der Waals surface area contributed by atoms with Crippen molar-refractivity contribution in [3.8, 4) is 11.5 Å². The second-order valence-corrected chi connectivity index (χ2v) is 10.1. The van der Waals surface area contributed by atoms with Gasteiger partial charge in [-0.1, -0.05) is 32.8 Å². The van der Waals surface area contributed by atoms with E-state index in [0.29, 0.717) is 23.2 Å². The van der Waals surface area contributed by atoms with E-state index >= 15 is 0 Å². The smallest absolute Gasteiger partial charge is 0.262 e. The second-order valence-electron chi connectivity index (χ2n) is 8.31. The zero-order chi connectivity index (χ0) is 20.8. The van der Waals surface area contributed by atoms with Gasteiger partial charge in [-0.05, 0) is 42.9 Å². The molecule has 0 saturated heterocycles. The van der Waals surface area contributed by atoms with Crippen molar-refractivity contribution < 1.29 is 17.9 Å². The topological polar surface area (TPSA) is 73.7 Å². The normalized spacial score (nSPS) is 24.2. The van der Waals surface area contributed by atoms with E-state index in [2.05, 4.69) is 18.8 Å². The third-order valence-corrected chi connectivity index (χ3v) is 8.21. The van der Waals surface area contributed by atoms with Gasteiger partial charge in [-0.2, -0.15) is 4.31 Å². The number of fused-ring (bicyclic) bond motifs is 1. The van der Waals surface area contributed by atoms with Crippen molar-refractivity contribution in [2.75, 3.05) is 6.79 Å². The number of sulfonamides is 1. The fourth-order valence-electron chi connectivity index (χ4n) is 4.33. The number of aryl methyl sites for hydroxylation is 2. The fourth-order valence-corrected chi connectivity index (χ4v) is 6.08. The van der Waals surface area contributed by atoms with Gasteiger partial charge < -0.3 is 14.0 Å². The average molecular weight is 420 g/mol. The zero-order valence-corrected chi connectivity index (χ0v) is 18.3. The summed E-state index contributed by atoms with van der Waals surface area (Å²) < 4.78 is 41.7. The Morgan fingerprint density at radius 2 is 1.97 bits per heavy atom. The van der Waals surface area contributed by atoms with Crippen LogP contribution >= 0.6 is 0 Å². The molecule has 1 aliphatic heterocycles. The fraction of sp³-hybridized carbons (Fsp3) is 0.571. The number of rotatable bonds is 5. The van der Waals surface area contributed by atoms with Crippen LogP contribution < -0.4 is 9.47 Å². The Morgan fingerprint density at radius 3 is 2.69 bits per heavy atom. The molecule has 1 aromatic carbocycles. The van der Waals surface area contributed by atoms with Gasteiger partial charge in [-0.15, -0.1) is 0 Å². The summed E-state index contributed by atoms with van der Waals surface area (Å²) in [5.74, 6) is 2.80. The monoisotopic (exact) mass is 419 g/mol. The molecule has 2 aromatic rings. The Morgan fingerprint density at radius 1 is 1.21 bits per heavy atom. The van der Waals surface area contributed by atoms with E-state index in [1.807, 2.05) is 32.2 Å². The van der Waals surface area contributed by atoms with Crippen molar-refractivity contribution in [2.45, 2.75) is 57.6 Å². The van der Waals surface area contributed by atoms with Gasteiger partial charge in [0, 0.05) is 25.8 Å². The van der Waals surface area contributed by atoms with Crippen molar-refractivity contribution in [3.05, 3.63) is 35.8 Å². The number of aromatic nitrogens is 2. The summed E-state index contributed by atoms with van der Waals surface area (Å²) in [5, 5.41) is 0.115. The molecule has 1 aliphatic carbocycles. The van der Waals surface area contributed by atoms with Crippen molar-refractivity contribution >= 4 is 10.0 Å². The number of ether oxygens (including phenoxy) is 2. The molecule has 4 rings (SSSR count). The van der Waals surface area contributed by atoms with Gasteiger partial charge in [0.25, 0.3) is 10.0 Å². The van der Waals surface area contributed by atoms with Gasteiger partial charge in [0.2, 0.25) is 6.79 Å². The maximum atomic E-state index is 13.7. The Bertz CT molecular complexity index is 982. The lowest BCUT2D eigenvalue weighted by molar-refractivity contribution is 0.138. The molecule has 29 heavy (non-hydrogen) atoms. The van der Waals surface area contributed by atoms with Crippen LogP contribution in [0.5, 0.6) is 11.5 Å². The van der Waals surface area contributed by atoms with Crippen molar-refractivity contribution in [1.82, 2.24) is 13.9 Å². The summed E-state index contributed by atoms with van der Waals surface area (Å²) in [6.07, 6.45) is 4.64. The maximum Gasteiger partial charge on any atom is 0.262 e. The van der Waals surface area contributed by atoms with E-state index < -0.39 is 10.0 Å². The van der Waals surface area contributed by atoms with Crippen LogP contribution in [-0.2, 0) is 23.6 Å². The number of imidazole rings is 1. The summed E-state index contributed by atoms with van der Waals surface area (Å²) in [6, 6.07) is 5.58. The largest absolute Gasteiger partial charge is 0.454 e. The Labute approximate surface area is 172 Å². The number of hydrogen-bond donors (Lipinski definition) is 0. The predicted octanol–water partition coefficient (Wildman–Crippen LogP) is 3.47. The minimum absolute atomic E-state index is 0.0588. The highest BCUT2D eigenvalue weighted by atomic mass is 32.2. The number of hydrogen-bond acceptors (Lipinski definition) is 5. The van der Waals surface area contributed by atoms with Gasteiger partial charge in [0.1, 0.15) is 5.82 Å². The molecule has 0 radical (unpaired) electrons. The zero-order valence-electron chi connectivity index (χ0n) is 17.5. The lowest BCUT2D eigenvalue weighted by Crippen LogP contribution is -2.46. The summed E-state index contributed by atoms with van der Waals surface area (Å²) in [5.41, 5.74) is 0.885. The van der Waals surface area contributed by atoms with Crippen molar-refractivity contribution in [2.24, 2.45) is 18.9 Å². The summed E-state index contributed by atoms with van der Waals surface area (Å²) in [7, 11) is -1.93. The minimum atomic E-state index is -3.74. The quantitative estimate of drug-likeness (QED) is 0.742. The van der Waals surface area contributed by atoms with Crippen LogP contribution in [0.15, 0.2) is 29.4 Å². The Kier molecular flexibility index (Phi) is 5.33. The van der Waals surface area contributed by atoms with Crippen LogP contribution in [0, 0.1) is 18.8 Å². The van der Waals surface area contributed by atoms with Crippen molar-refractivity contribution in [3.63, 3.8) is 0 Å². The molecule has 0 N–H and O–H groups in total. The molecule has 8 heteroatoms. The van der Waals surface area contributed by atoms with Gasteiger partial charge >= 0.3 is 0 Å². The average Bonchev–Trinajstić information content (AvgIpc) is 3.28. The third-order valence-electron chi connectivity index (χ3n) is 6.47. The van der Waals surface area contributed by atoms with E-state index in [1.54, 1.807) is 15.1 Å². The molecule has 0 bridgehead atoms. The molecule has 1 aromatic heterocycles. The lowest BCUT2D eigenvalue weighted by atomic mass is 9.78. The SMILES string of the molecule is Cc1nc(S(=O)(=O)N(Cc2ccc3c(c2)OCO3)C2CCCC(C)C2C)cn1C. The van der Waals surface area contributed by atoms with Crippen LogP contribution in [-0.4, -0.2) is 35.1 Å². The maximum absolute atomic E-state index is 13.7. The molecular weight excluding hydrogens is 390 g/mol. The van der Waals surface area contributed by atoms with E-state index in [0.717, 1.165) is 24.8 Å². The molecule has 1 fully saturated rings. The van der Waals surface area contributed by atoms with E-state index in [1.165, 1.54) is 0 Å². The first-order chi connectivity index (χ1) is 13.8. The molecular formula is C21H29N3O4S. The molecule has 0 amide bonds. The number of nitrogens with zero attached hydrogens (tertiary/aromatic N) is 3. The van der Waals surface area contributed by atoms with Crippen LogP contribution in [0.4, 0.5) is 0 Å². The predicted molar refractivity (Wildman–Crippen MR) is 109 cm³/mol. The highest BCUT2D eigenvalue weighted by Crippen LogP contribution is 2.38. The molecule has 158 valence electrons. The Hall–Kier alpha value is -2.06. The highest BCUT2D eigenvalue weighted by Gasteiger charge is 2.39. The molecule has 0 spiro atoms. The molecule has 1 saturated carbocycles. The van der Waals surface area contributed by atoms with Gasteiger partial charge in [-0.25, -0.2) is 13.4 Å². The lowest BCUT2D eigenvalue weighted by Gasteiger charge is -2.40. The third kappa shape index (κ3) is 3.75. The van der Waals surface area contributed by atoms with E-state index in [9.17, 15) is 8.42 Å². The summed E-state index contributed by atoms with van der Waals surface area (Å²) in [4.78, 5) is 4.33. The summed E-state index contributed by atoms with van der Waals surface area (Å²) in [6.45, 7) is 6.68. The van der Waals surface area contributed by atoms with Gasteiger partial charge in [0.05, 0.1) is 0 Å². The van der Waals surface area contributed by atoms with Crippen LogP contribution in [0.3, 0.4) is 0 Å². The first-order valence-electron chi connectivity index (χ1n) is 10.2. The van der Waals surface area contributed by atoms with Gasteiger partial charge in [0.15, 0.2) is 16.5 Å². The van der Waals surface area contributed by atoms with Gasteiger partial charge in [-0.3, -0.25) is 0 Å². The molecule has 3 unspecified atom stereocenters. The first-order valence-corrected chi connectivity index (χ1v) is 11.6. The molecule has 7 nitrogen and oxygen atoms in total. The minimum Gasteiger partial charge on any atom is -0.454 e. The van der Waals surface area contributed by atoms with Crippen LogP contribution in [0.1, 0.15) is 44.5 Å². The van der Waals surface area contributed by atoms with E-state index in [4.69, 9.17) is 9.47 Å². The second kappa shape index (κ2) is 7.65. The Balaban J connectivity index is 1.72. The molecule has 2 heterocycles. The van der Waals surface area contributed by atoms with Crippen LogP contribution in [0.2, 0.25) is 0 Å². The summed E-state index contributed by atoms with van der Waals surface area (Å²) >= 11 is 0. The highest BCUT2D eigenvalue weighted by molar-refractivity contribution is 7.89. The van der Waals surface area contributed by atoms with E-state index in [-0.39, 0.29) is 30.3 Å². The molecule has 2 aliphatic rings. The van der Waals surface area contributed by atoms with Crippen molar-refractivity contribution in [1.29, 1.82) is 0 Å². The molecule has 3 atom stereocenters. The first kappa shape index (κ1) is 20.2. The number of benzene rings is 1. The standard InChI is InChI=1S/C21H29N3O4S/c1-14-6-5-7-18(15(14)2)24(29(25,26)21-12-23(4)16(3)22-21)11-17-8-9-19-20(10-17)28-13-27-19/h8-10,12,14-15,18H,5-7,11,13H2,1-4H3. The van der Waals surface area contributed by atoms with Crippen LogP contribution in [0.25, 0.3) is 0 Å².